The monoisotopic (exact) mass is 876 g/mol. The van der Waals surface area contributed by atoms with Gasteiger partial charge in [0, 0.05) is 13.0 Å². The summed E-state index contributed by atoms with van der Waals surface area (Å²) in [6, 6.07) is -4.89. The van der Waals surface area contributed by atoms with E-state index in [-0.39, 0.29) is 0 Å². The summed E-state index contributed by atoms with van der Waals surface area (Å²) in [6.45, 7) is 1.83. The molecule has 26 heteroatoms. The molecule has 22 atom stereocenters. The average molecular weight is 877 g/mol. The first-order valence-electron chi connectivity index (χ1n) is 19.3. The predicted molar refractivity (Wildman–Crippen MR) is 197 cm³/mol. The van der Waals surface area contributed by atoms with E-state index >= 15 is 0 Å². The average Bonchev–Trinajstić information content (AvgIpc) is 3.23. The number of rotatable bonds is 19. The van der Waals surface area contributed by atoms with Crippen molar-refractivity contribution in [3.8, 4) is 6.57 Å². The Bertz CT molecular complexity index is 1390. The predicted octanol–water partition coefficient (Wildman–Crippen LogP) is -9.28. The third-order valence-electron chi connectivity index (χ3n) is 11.0. The zero-order valence-corrected chi connectivity index (χ0v) is 33.1. The van der Waals surface area contributed by atoms with Gasteiger partial charge in [-0.1, -0.05) is 0 Å². The molecule has 4 aliphatic heterocycles. The van der Waals surface area contributed by atoms with Crippen molar-refractivity contribution < 1.29 is 104 Å². The first-order valence-corrected chi connectivity index (χ1v) is 19.3. The summed E-state index contributed by atoms with van der Waals surface area (Å²) in [7, 11) is 4.23. The minimum atomic E-state index is -2.21. The van der Waals surface area contributed by atoms with Crippen LogP contribution in [0.1, 0.15) is 6.42 Å². The van der Waals surface area contributed by atoms with Crippen LogP contribution < -0.4 is 21.7 Å². The van der Waals surface area contributed by atoms with Crippen LogP contribution in [0.15, 0.2) is 11.5 Å². The number of hydrogen-bond donors (Lipinski definition) is 17. The van der Waals surface area contributed by atoms with Crippen LogP contribution in [0.4, 0.5) is 0 Å². The molecule has 348 valence electrons. The molecular weight excluding hydrogens is 814 g/mol. The molecule has 0 aromatic carbocycles. The summed E-state index contributed by atoms with van der Waals surface area (Å²) in [5, 5.41) is 145. The molecular formula is C34H62N5O21+. The van der Waals surface area contributed by atoms with Gasteiger partial charge in [0.05, 0.1) is 50.6 Å². The first-order chi connectivity index (χ1) is 28.6. The third-order valence-corrected chi connectivity index (χ3v) is 11.0. The summed E-state index contributed by atoms with van der Waals surface area (Å²) >= 11 is 0. The van der Waals surface area contributed by atoms with E-state index in [1.165, 1.54) is 21.1 Å². The van der Waals surface area contributed by atoms with Crippen molar-refractivity contribution in [2.24, 2.45) is 5.73 Å². The number of nitrogens with zero attached hydrogens (tertiary/aromatic N) is 1. The van der Waals surface area contributed by atoms with Gasteiger partial charge < -0.3 is 126 Å². The molecule has 4 rings (SSSR count). The molecule has 0 aromatic heterocycles. The highest BCUT2D eigenvalue weighted by Crippen LogP contribution is 2.34. The molecule has 0 spiro atoms. The zero-order valence-electron chi connectivity index (χ0n) is 33.1. The molecule has 60 heavy (non-hydrogen) atoms. The van der Waals surface area contributed by atoms with Crippen molar-refractivity contribution in [3.05, 3.63) is 16.3 Å². The Hall–Kier alpha value is -1.93. The van der Waals surface area contributed by atoms with Crippen LogP contribution in [0.3, 0.4) is 0 Å². The lowest BCUT2D eigenvalue weighted by Gasteiger charge is -2.50. The Kier molecular flexibility index (Phi) is 19.6. The van der Waals surface area contributed by atoms with E-state index < -0.39 is 186 Å². The third kappa shape index (κ3) is 10.9. The van der Waals surface area contributed by atoms with E-state index in [2.05, 4.69) is 20.8 Å². The lowest BCUT2D eigenvalue weighted by Crippen LogP contribution is -2.70. The number of nitrogens with two attached hydrogens (primary N) is 1. The molecule has 4 fully saturated rings. The molecule has 26 nitrogen and oxygen atoms in total. The van der Waals surface area contributed by atoms with E-state index in [0.717, 1.165) is 0 Å². The van der Waals surface area contributed by atoms with Crippen LogP contribution in [0.25, 0.3) is 4.85 Å². The Labute approximate surface area is 344 Å². The SMILES string of the molecule is C#[N+]/C(=C(\O)C(CCO)OC1OC(CO)C(OC2OC(CO)C(OC3OC(CO)C(O)C(O)C3N)C(O)C2NC)C(O)C1NC)C(O)OC1C(CO)OC(O)C(NC)C1O. The Morgan fingerprint density at radius 3 is 1.60 bits per heavy atom. The highest BCUT2D eigenvalue weighted by molar-refractivity contribution is 5.22. The van der Waals surface area contributed by atoms with Crippen molar-refractivity contribution in [1.82, 2.24) is 16.0 Å². The van der Waals surface area contributed by atoms with Crippen molar-refractivity contribution in [3.63, 3.8) is 0 Å². The fourth-order valence-corrected chi connectivity index (χ4v) is 7.60. The standard InChI is InChI=1S/C34H61N5O21/c1-36-17(31(52)58-27-13(8-42)53-30(51)18(37-2)24(27)48)21(45)11(5-6-40)54-33-19(38-3)25(49)29(15(10-44)56-33)60-34-20(39-4)26(50)28(14(9-43)57-34)59-32-16(35)23(47)22(46)12(7-41)55-32/h1,11-16,18-20,22-34,37-44,46-52H,5-10,35H2,2-4H3/p+1/b21-17-. The fourth-order valence-electron chi connectivity index (χ4n) is 7.60. The van der Waals surface area contributed by atoms with Gasteiger partial charge in [-0.2, -0.15) is 0 Å². The van der Waals surface area contributed by atoms with Gasteiger partial charge in [-0.15, -0.1) is 0 Å². The minimum absolute atomic E-state index is 0.392. The topological polar surface area (TPSA) is 403 Å². The Morgan fingerprint density at radius 1 is 0.633 bits per heavy atom. The molecule has 0 aliphatic carbocycles. The molecule has 0 aromatic rings. The maximum Gasteiger partial charge on any atom is 0.411 e. The normalized spacial score (nSPS) is 44.1. The molecule has 0 bridgehead atoms. The smallest absolute Gasteiger partial charge is 0.411 e. The van der Waals surface area contributed by atoms with Crippen LogP contribution in [-0.2, 0) is 37.9 Å². The number of aliphatic hydroxyl groups is 13. The van der Waals surface area contributed by atoms with Gasteiger partial charge in [-0.3, -0.25) is 0 Å². The molecule has 0 amide bonds. The number of likely N-dealkylation sites (N-methyl/N-ethyl adjacent to an activating group) is 3. The van der Waals surface area contributed by atoms with E-state index in [1.54, 1.807) is 0 Å². The van der Waals surface area contributed by atoms with Crippen molar-refractivity contribution >= 4 is 0 Å². The Balaban J connectivity index is 1.51. The number of aliphatic hydroxyl groups excluding tert-OH is 13. The second kappa shape index (κ2) is 23.1. The van der Waals surface area contributed by atoms with Gasteiger partial charge in [0.25, 0.3) is 12.9 Å². The van der Waals surface area contributed by atoms with Crippen LogP contribution in [0.5, 0.6) is 0 Å². The van der Waals surface area contributed by atoms with Gasteiger partial charge in [-0.05, 0) is 26.0 Å². The van der Waals surface area contributed by atoms with E-state index in [0.29, 0.717) is 0 Å². The van der Waals surface area contributed by atoms with E-state index in [1.807, 2.05) is 0 Å². The second-order valence-electron chi connectivity index (χ2n) is 14.6. The molecule has 18 N–H and O–H groups in total. The molecule has 0 radical (unpaired) electrons. The highest BCUT2D eigenvalue weighted by atomic mass is 16.8. The number of ether oxygens (including phenoxy) is 8. The van der Waals surface area contributed by atoms with Gasteiger partial charge in [0.15, 0.2) is 25.2 Å². The maximum atomic E-state index is 11.6. The molecule has 0 saturated carbocycles. The molecule has 4 aliphatic rings. The molecule has 22 unspecified atom stereocenters. The van der Waals surface area contributed by atoms with E-state index in [4.69, 9.17) is 50.2 Å². The lowest BCUT2D eigenvalue weighted by molar-refractivity contribution is -0.354. The van der Waals surface area contributed by atoms with Crippen LogP contribution in [0, 0.1) is 6.57 Å². The largest absolute Gasteiger partial charge is 0.503 e. The van der Waals surface area contributed by atoms with Crippen molar-refractivity contribution in [2.45, 2.75) is 141 Å². The number of nitrogens with one attached hydrogen (secondary N) is 3. The van der Waals surface area contributed by atoms with Gasteiger partial charge >= 0.3 is 5.70 Å². The second-order valence-corrected chi connectivity index (χ2v) is 14.6. The Morgan fingerprint density at radius 2 is 1.10 bits per heavy atom. The molecule has 4 heterocycles. The molecule has 4 saturated heterocycles. The van der Waals surface area contributed by atoms with Crippen LogP contribution in [0.2, 0.25) is 0 Å². The lowest BCUT2D eigenvalue weighted by atomic mass is 9.94. The first kappa shape index (κ1) is 50.7. The van der Waals surface area contributed by atoms with Gasteiger partial charge in [0.2, 0.25) is 5.76 Å². The summed E-state index contributed by atoms with van der Waals surface area (Å²) in [5.74, 6) is -0.895. The number of hydrogen-bond acceptors (Lipinski definition) is 25. The highest BCUT2D eigenvalue weighted by Gasteiger charge is 2.54. The summed E-state index contributed by atoms with van der Waals surface area (Å²) in [6.07, 6.45) is -27.9. The summed E-state index contributed by atoms with van der Waals surface area (Å²) in [4.78, 5) is 3.40. The van der Waals surface area contributed by atoms with E-state index in [9.17, 15) is 66.4 Å². The van der Waals surface area contributed by atoms with Crippen LogP contribution >= 0.6 is 0 Å². The van der Waals surface area contributed by atoms with Crippen molar-refractivity contribution in [2.75, 3.05) is 54.2 Å². The van der Waals surface area contributed by atoms with Gasteiger partial charge in [-0.25, -0.2) is 0 Å². The van der Waals surface area contributed by atoms with Gasteiger partial charge in [0.1, 0.15) is 79.4 Å². The maximum absolute atomic E-state index is 11.6. The van der Waals surface area contributed by atoms with Crippen LogP contribution in [-0.4, -0.2) is 256 Å². The van der Waals surface area contributed by atoms with Crippen molar-refractivity contribution in [1.29, 1.82) is 0 Å². The summed E-state index contributed by atoms with van der Waals surface area (Å²) < 4.78 is 46.2. The quantitative estimate of drug-likeness (QED) is 0.0423. The summed E-state index contributed by atoms with van der Waals surface area (Å²) in [5.41, 5.74) is 5.25. The fraction of sp³-hybridized carbons (Fsp3) is 0.912. The minimum Gasteiger partial charge on any atom is -0.503 e. The zero-order chi connectivity index (χ0) is 44.6.